The van der Waals surface area contributed by atoms with Crippen molar-refractivity contribution < 1.29 is 9.59 Å². The van der Waals surface area contributed by atoms with E-state index < -0.39 is 0 Å². The van der Waals surface area contributed by atoms with Gasteiger partial charge in [0.1, 0.15) is 5.37 Å². The number of nitrogens with zero attached hydrogens (tertiary/aromatic N) is 1. The van der Waals surface area contributed by atoms with Crippen LogP contribution in [0.5, 0.6) is 0 Å². The fraction of sp³-hybridized carbons (Fsp3) is 0.556. The van der Waals surface area contributed by atoms with E-state index in [1.807, 2.05) is 24.0 Å². The summed E-state index contributed by atoms with van der Waals surface area (Å²) in [6.07, 6.45) is 0.355. The van der Waals surface area contributed by atoms with Crippen molar-refractivity contribution in [1.82, 2.24) is 10.2 Å². The van der Waals surface area contributed by atoms with E-state index >= 15 is 0 Å². The van der Waals surface area contributed by atoms with Crippen LogP contribution in [-0.4, -0.2) is 35.1 Å². The maximum atomic E-state index is 12.5. The summed E-state index contributed by atoms with van der Waals surface area (Å²) in [4.78, 5) is 26.3. The SMILES string of the molecule is Cc1ccccc1[C@@H]1S[C@H](C)C(=O)N1CCC(=O)NCC(C)C. The molecule has 2 amide bonds. The molecule has 1 saturated heterocycles. The maximum absolute atomic E-state index is 12.5. The van der Waals surface area contributed by atoms with Crippen molar-refractivity contribution in [2.75, 3.05) is 13.1 Å². The Bertz CT molecular complexity index is 574. The first kappa shape index (κ1) is 17.9. The molecule has 0 saturated carbocycles. The molecule has 126 valence electrons. The third-order valence-corrected chi connectivity index (χ3v) is 5.36. The molecule has 1 aromatic carbocycles. The van der Waals surface area contributed by atoms with E-state index in [0.29, 0.717) is 25.4 Å². The molecule has 1 heterocycles. The Morgan fingerprint density at radius 3 is 2.70 bits per heavy atom. The van der Waals surface area contributed by atoms with E-state index in [1.165, 1.54) is 5.56 Å². The molecule has 1 aliphatic heterocycles. The van der Waals surface area contributed by atoms with Gasteiger partial charge < -0.3 is 10.2 Å². The van der Waals surface area contributed by atoms with Crippen LogP contribution in [-0.2, 0) is 9.59 Å². The molecule has 0 aliphatic carbocycles. The van der Waals surface area contributed by atoms with Crippen molar-refractivity contribution in [2.24, 2.45) is 5.92 Å². The lowest BCUT2D eigenvalue weighted by Gasteiger charge is -2.25. The van der Waals surface area contributed by atoms with Crippen molar-refractivity contribution >= 4 is 23.6 Å². The first-order valence-electron chi connectivity index (χ1n) is 8.18. The Labute approximate surface area is 143 Å². The summed E-state index contributed by atoms with van der Waals surface area (Å²) in [6, 6.07) is 8.15. The average molecular weight is 334 g/mol. The van der Waals surface area contributed by atoms with Crippen molar-refractivity contribution in [3.05, 3.63) is 35.4 Å². The second kappa shape index (κ2) is 7.86. The van der Waals surface area contributed by atoms with Gasteiger partial charge in [-0.1, -0.05) is 38.1 Å². The van der Waals surface area contributed by atoms with E-state index in [9.17, 15) is 9.59 Å². The Hall–Kier alpha value is -1.49. The van der Waals surface area contributed by atoms with Crippen LogP contribution in [0.15, 0.2) is 24.3 Å². The minimum absolute atomic E-state index is 0.0107. The molecule has 1 aliphatic rings. The third kappa shape index (κ3) is 4.50. The summed E-state index contributed by atoms with van der Waals surface area (Å²) in [5.41, 5.74) is 2.35. The molecule has 0 aromatic heterocycles. The van der Waals surface area contributed by atoms with Crippen LogP contribution >= 0.6 is 11.8 Å². The minimum atomic E-state index is -0.0571. The van der Waals surface area contributed by atoms with Gasteiger partial charge in [-0.05, 0) is 30.9 Å². The number of hydrogen-bond acceptors (Lipinski definition) is 3. The molecule has 5 heteroatoms. The van der Waals surface area contributed by atoms with Gasteiger partial charge in [-0.2, -0.15) is 0 Å². The number of rotatable bonds is 6. The molecule has 0 radical (unpaired) electrons. The molecule has 4 nitrogen and oxygen atoms in total. The molecule has 1 fully saturated rings. The Kier molecular flexibility index (Phi) is 6.10. The predicted molar refractivity (Wildman–Crippen MR) is 95.2 cm³/mol. The van der Waals surface area contributed by atoms with Crippen LogP contribution < -0.4 is 5.32 Å². The number of hydrogen-bond donors (Lipinski definition) is 1. The van der Waals surface area contributed by atoms with Crippen LogP contribution in [0.25, 0.3) is 0 Å². The zero-order valence-electron chi connectivity index (χ0n) is 14.3. The van der Waals surface area contributed by atoms with Gasteiger partial charge in [0.25, 0.3) is 0 Å². The lowest BCUT2D eigenvalue weighted by atomic mass is 10.1. The maximum Gasteiger partial charge on any atom is 0.236 e. The fourth-order valence-corrected chi connectivity index (χ4v) is 4.04. The standard InChI is InChI=1S/C18H26N2O2S/c1-12(2)11-19-16(21)9-10-20-17(22)14(4)23-18(20)15-8-6-5-7-13(15)3/h5-8,12,14,18H,9-11H2,1-4H3,(H,19,21)/t14-,18+/m1/s1. The van der Waals surface area contributed by atoms with Crippen LogP contribution in [0.2, 0.25) is 0 Å². The second-order valence-corrected chi connectivity index (χ2v) is 7.89. The second-order valence-electron chi connectivity index (χ2n) is 6.47. The molecule has 1 aromatic rings. The molecular weight excluding hydrogens is 308 g/mol. The predicted octanol–water partition coefficient (Wildman–Crippen LogP) is 3.12. The smallest absolute Gasteiger partial charge is 0.236 e. The van der Waals surface area contributed by atoms with Crippen LogP contribution in [0.3, 0.4) is 0 Å². The first-order valence-corrected chi connectivity index (χ1v) is 9.12. The zero-order valence-corrected chi connectivity index (χ0v) is 15.2. The van der Waals surface area contributed by atoms with Gasteiger partial charge in [-0.25, -0.2) is 0 Å². The monoisotopic (exact) mass is 334 g/mol. The highest BCUT2D eigenvalue weighted by atomic mass is 32.2. The largest absolute Gasteiger partial charge is 0.356 e. The summed E-state index contributed by atoms with van der Waals surface area (Å²) in [7, 11) is 0. The van der Waals surface area contributed by atoms with Gasteiger partial charge in [0.05, 0.1) is 5.25 Å². The minimum Gasteiger partial charge on any atom is -0.356 e. The summed E-state index contributed by atoms with van der Waals surface area (Å²) in [5, 5.41) is 2.87. The summed E-state index contributed by atoms with van der Waals surface area (Å²) in [6.45, 7) is 9.29. The average Bonchev–Trinajstić information content (AvgIpc) is 2.79. The molecule has 23 heavy (non-hydrogen) atoms. The molecule has 0 bridgehead atoms. The molecule has 2 rings (SSSR count). The zero-order chi connectivity index (χ0) is 17.0. The highest BCUT2D eigenvalue weighted by Crippen LogP contribution is 2.43. The van der Waals surface area contributed by atoms with Crippen molar-refractivity contribution in [2.45, 2.75) is 44.7 Å². The van der Waals surface area contributed by atoms with Gasteiger partial charge in [-0.15, -0.1) is 11.8 Å². The fourth-order valence-electron chi connectivity index (χ4n) is 2.63. The lowest BCUT2D eigenvalue weighted by molar-refractivity contribution is -0.130. The first-order chi connectivity index (χ1) is 10.9. The van der Waals surface area contributed by atoms with Gasteiger partial charge in [0.15, 0.2) is 0 Å². The number of thioether (sulfide) groups is 1. The molecule has 2 atom stereocenters. The summed E-state index contributed by atoms with van der Waals surface area (Å²) < 4.78 is 0. The van der Waals surface area contributed by atoms with E-state index in [2.05, 4.69) is 38.2 Å². The highest BCUT2D eigenvalue weighted by Gasteiger charge is 2.38. The molecule has 0 unspecified atom stereocenters. The van der Waals surface area contributed by atoms with Crippen LogP contribution in [0, 0.1) is 12.8 Å². The quantitative estimate of drug-likeness (QED) is 0.869. The number of amides is 2. The van der Waals surface area contributed by atoms with Gasteiger partial charge in [-0.3, -0.25) is 9.59 Å². The molecule has 0 spiro atoms. The molecule has 1 N–H and O–H groups in total. The number of carbonyl (C=O) groups is 2. The lowest BCUT2D eigenvalue weighted by Crippen LogP contribution is -2.35. The van der Waals surface area contributed by atoms with E-state index in [0.717, 1.165) is 5.56 Å². The number of aryl methyl sites for hydroxylation is 1. The number of nitrogens with one attached hydrogen (secondary N) is 1. The van der Waals surface area contributed by atoms with E-state index in [4.69, 9.17) is 0 Å². The van der Waals surface area contributed by atoms with Crippen molar-refractivity contribution in [3.8, 4) is 0 Å². The topological polar surface area (TPSA) is 49.4 Å². The van der Waals surface area contributed by atoms with Crippen LogP contribution in [0.1, 0.15) is 43.7 Å². The molecular formula is C18H26N2O2S. The third-order valence-electron chi connectivity index (χ3n) is 3.99. The van der Waals surface area contributed by atoms with Gasteiger partial charge >= 0.3 is 0 Å². The van der Waals surface area contributed by atoms with Crippen molar-refractivity contribution in [3.63, 3.8) is 0 Å². The Morgan fingerprint density at radius 1 is 1.35 bits per heavy atom. The van der Waals surface area contributed by atoms with Crippen LogP contribution in [0.4, 0.5) is 0 Å². The Balaban J connectivity index is 2.04. The summed E-state index contributed by atoms with van der Waals surface area (Å²) >= 11 is 1.66. The highest BCUT2D eigenvalue weighted by molar-refractivity contribution is 8.01. The van der Waals surface area contributed by atoms with Gasteiger partial charge in [0, 0.05) is 19.5 Å². The van der Waals surface area contributed by atoms with Gasteiger partial charge in [0.2, 0.25) is 11.8 Å². The number of carbonyl (C=O) groups excluding carboxylic acids is 2. The van der Waals surface area contributed by atoms with E-state index in [-0.39, 0.29) is 22.4 Å². The van der Waals surface area contributed by atoms with Crippen molar-refractivity contribution in [1.29, 1.82) is 0 Å². The number of benzene rings is 1. The normalized spacial score (nSPS) is 21.1. The Morgan fingerprint density at radius 2 is 2.04 bits per heavy atom. The summed E-state index contributed by atoms with van der Waals surface area (Å²) in [5.74, 6) is 0.571. The van der Waals surface area contributed by atoms with E-state index in [1.54, 1.807) is 11.8 Å².